The van der Waals surface area contributed by atoms with Crippen LogP contribution in [0, 0.1) is 0 Å². The average Bonchev–Trinajstić information content (AvgIpc) is 2.33. The third-order valence-corrected chi connectivity index (χ3v) is 3.62. The van der Waals surface area contributed by atoms with E-state index in [0.29, 0.717) is 6.10 Å². The van der Waals surface area contributed by atoms with E-state index in [1.807, 2.05) is 0 Å². The zero-order valence-corrected chi connectivity index (χ0v) is 10.4. The Morgan fingerprint density at radius 3 is 2.88 bits per heavy atom. The summed E-state index contributed by atoms with van der Waals surface area (Å²) in [5.74, 6) is 0. The fourth-order valence-electron chi connectivity index (χ4n) is 2.47. The van der Waals surface area contributed by atoms with E-state index < -0.39 is 0 Å². The van der Waals surface area contributed by atoms with Gasteiger partial charge in [0, 0.05) is 19.1 Å². The maximum absolute atomic E-state index is 5.67. The molecule has 2 heterocycles. The first-order valence-electron chi connectivity index (χ1n) is 6.59. The standard InChI is InChI=1S/C12H25N3O/c1-15-7-3-11(4-8-15)14-5-2-12-10-13-6-9-16-12/h11-14H,2-10H2,1H3. The van der Waals surface area contributed by atoms with Gasteiger partial charge in [-0.15, -0.1) is 0 Å². The van der Waals surface area contributed by atoms with Crippen LogP contribution in [0.1, 0.15) is 19.3 Å². The van der Waals surface area contributed by atoms with Crippen LogP contribution in [0.2, 0.25) is 0 Å². The smallest absolute Gasteiger partial charge is 0.0712 e. The Kier molecular flexibility index (Phi) is 5.03. The summed E-state index contributed by atoms with van der Waals surface area (Å²) in [6, 6.07) is 0.729. The predicted octanol–water partition coefficient (Wildman–Crippen LogP) is 0.0487. The number of ether oxygens (including phenoxy) is 1. The Labute approximate surface area is 98.7 Å². The minimum absolute atomic E-state index is 0.424. The molecule has 0 aromatic rings. The number of nitrogens with zero attached hydrogens (tertiary/aromatic N) is 1. The molecule has 4 nitrogen and oxygen atoms in total. The van der Waals surface area contributed by atoms with Crippen LogP contribution in [0.25, 0.3) is 0 Å². The van der Waals surface area contributed by atoms with Gasteiger partial charge in [0.15, 0.2) is 0 Å². The number of nitrogens with one attached hydrogen (secondary N) is 2. The van der Waals surface area contributed by atoms with Crippen molar-refractivity contribution in [3.8, 4) is 0 Å². The molecule has 2 N–H and O–H groups in total. The molecule has 0 aliphatic carbocycles. The minimum Gasteiger partial charge on any atom is -0.376 e. The van der Waals surface area contributed by atoms with E-state index in [2.05, 4.69) is 22.6 Å². The first kappa shape index (κ1) is 12.3. The summed E-state index contributed by atoms with van der Waals surface area (Å²) in [5, 5.41) is 7.02. The van der Waals surface area contributed by atoms with E-state index in [-0.39, 0.29) is 0 Å². The Morgan fingerprint density at radius 1 is 1.38 bits per heavy atom. The molecule has 94 valence electrons. The highest BCUT2D eigenvalue weighted by Gasteiger charge is 2.17. The first-order chi connectivity index (χ1) is 7.84. The van der Waals surface area contributed by atoms with E-state index >= 15 is 0 Å². The summed E-state index contributed by atoms with van der Waals surface area (Å²) in [6.45, 7) is 6.48. The fourth-order valence-corrected chi connectivity index (χ4v) is 2.47. The molecule has 0 aromatic carbocycles. The van der Waals surface area contributed by atoms with Gasteiger partial charge in [0.25, 0.3) is 0 Å². The Balaban J connectivity index is 1.53. The highest BCUT2D eigenvalue weighted by molar-refractivity contribution is 4.76. The Bertz CT molecular complexity index is 187. The SMILES string of the molecule is CN1CCC(NCCC2CNCCO2)CC1. The number of piperidine rings is 1. The largest absolute Gasteiger partial charge is 0.376 e. The molecule has 2 rings (SSSR count). The van der Waals surface area contributed by atoms with Crippen molar-refractivity contribution in [3.63, 3.8) is 0 Å². The lowest BCUT2D eigenvalue weighted by molar-refractivity contribution is 0.0231. The monoisotopic (exact) mass is 227 g/mol. The van der Waals surface area contributed by atoms with Crippen LogP contribution in [0.15, 0.2) is 0 Å². The van der Waals surface area contributed by atoms with Crippen molar-refractivity contribution in [3.05, 3.63) is 0 Å². The highest BCUT2D eigenvalue weighted by Crippen LogP contribution is 2.08. The summed E-state index contributed by atoms with van der Waals surface area (Å²) in [4.78, 5) is 2.41. The van der Waals surface area contributed by atoms with Gasteiger partial charge in [-0.2, -0.15) is 0 Å². The van der Waals surface area contributed by atoms with Crippen molar-refractivity contribution in [2.45, 2.75) is 31.4 Å². The fraction of sp³-hybridized carbons (Fsp3) is 1.00. The van der Waals surface area contributed by atoms with Crippen LogP contribution in [0.4, 0.5) is 0 Å². The zero-order valence-electron chi connectivity index (χ0n) is 10.4. The minimum atomic E-state index is 0.424. The molecule has 1 unspecified atom stereocenters. The topological polar surface area (TPSA) is 36.5 Å². The van der Waals surface area contributed by atoms with Crippen LogP contribution in [0.5, 0.6) is 0 Å². The molecule has 16 heavy (non-hydrogen) atoms. The number of likely N-dealkylation sites (tertiary alicyclic amines) is 1. The summed E-state index contributed by atoms with van der Waals surface area (Å²) in [6.07, 6.45) is 4.15. The van der Waals surface area contributed by atoms with Crippen molar-refractivity contribution in [1.82, 2.24) is 15.5 Å². The summed E-state index contributed by atoms with van der Waals surface area (Å²) in [5.41, 5.74) is 0. The number of hydrogen-bond acceptors (Lipinski definition) is 4. The van der Waals surface area contributed by atoms with Gasteiger partial charge < -0.3 is 20.3 Å². The normalized spacial score (nSPS) is 29.4. The molecule has 2 aliphatic rings. The van der Waals surface area contributed by atoms with Crippen molar-refractivity contribution in [1.29, 1.82) is 0 Å². The van der Waals surface area contributed by atoms with Crippen molar-refractivity contribution >= 4 is 0 Å². The highest BCUT2D eigenvalue weighted by atomic mass is 16.5. The average molecular weight is 227 g/mol. The van der Waals surface area contributed by atoms with Gasteiger partial charge in [0.2, 0.25) is 0 Å². The molecule has 1 atom stereocenters. The van der Waals surface area contributed by atoms with Crippen LogP contribution < -0.4 is 10.6 Å². The molecule has 0 amide bonds. The first-order valence-corrected chi connectivity index (χ1v) is 6.59. The van der Waals surface area contributed by atoms with Gasteiger partial charge in [-0.05, 0) is 45.9 Å². The molecule has 2 saturated heterocycles. The van der Waals surface area contributed by atoms with Gasteiger partial charge in [-0.3, -0.25) is 0 Å². The molecular weight excluding hydrogens is 202 g/mol. The molecule has 0 saturated carbocycles. The second-order valence-corrected chi connectivity index (χ2v) is 5.02. The maximum Gasteiger partial charge on any atom is 0.0712 e. The molecular formula is C12H25N3O. The molecule has 0 aromatic heterocycles. The van der Waals surface area contributed by atoms with Crippen LogP contribution >= 0.6 is 0 Å². The van der Waals surface area contributed by atoms with E-state index in [4.69, 9.17) is 4.74 Å². The van der Waals surface area contributed by atoms with E-state index in [1.54, 1.807) is 0 Å². The second kappa shape index (κ2) is 6.55. The molecule has 4 heteroatoms. The third-order valence-electron chi connectivity index (χ3n) is 3.62. The summed E-state index contributed by atoms with van der Waals surface area (Å²) in [7, 11) is 2.21. The third kappa shape index (κ3) is 4.01. The van der Waals surface area contributed by atoms with Crippen molar-refractivity contribution in [2.24, 2.45) is 0 Å². The van der Waals surface area contributed by atoms with Crippen molar-refractivity contribution in [2.75, 3.05) is 46.4 Å². The van der Waals surface area contributed by atoms with Crippen LogP contribution in [0.3, 0.4) is 0 Å². The lowest BCUT2D eigenvalue weighted by atomic mass is 10.1. The van der Waals surface area contributed by atoms with Crippen LogP contribution in [-0.4, -0.2) is 63.4 Å². The van der Waals surface area contributed by atoms with E-state index in [1.165, 1.54) is 25.9 Å². The summed E-state index contributed by atoms with van der Waals surface area (Å²) >= 11 is 0. The van der Waals surface area contributed by atoms with Gasteiger partial charge in [-0.1, -0.05) is 0 Å². The molecule has 2 aliphatic heterocycles. The van der Waals surface area contributed by atoms with Gasteiger partial charge in [-0.25, -0.2) is 0 Å². The second-order valence-electron chi connectivity index (χ2n) is 5.02. The summed E-state index contributed by atoms with van der Waals surface area (Å²) < 4.78 is 5.67. The Hall–Kier alpha value is -0.160. The van der Waals surface area contributed by atoms with Gasteiger partial charge in [0.1, 0.15) is 0 Å². The molecule has 0 radical (unpaired) electrons. The Morgan fingerprint density at radius 2 is 2.19 bits per heavy atom. The zero-order chi connectivity index (χ0) is 11.2. The molecule has 2 fully saturated rings. The lowest BCUT2D eigenvalue weighted by Crippen LogP contribution is -2.43. The quantitative estimate of drug-likeness (QED) is 0.711. The number of hydrogen-bond donors (Lipinski definition) is 2. The number of morpholine rings is 1. The molecule has 0 bridgehead atoms. The molecule has 0 spiro atoms. The van der Waals surface area contributed by atoms with Crippen molar-refractivity contribution < 1.29 is 4.74 Å². The van der Waals surface area contributed by atoms with Crippen LogP contribution in [-0.2, 0) is 4.74 Å². The van der Waals surface area contributed by atoms with E-state index in [9.17, 15) is 0 Å². The lowest BCUT2D eigenvalue weighted by Gasteiger charge is -2.30. The predicted molar refractivity (Wildman–Crippen MR) is 65.7 cm³/mol. The van der Waals surface area contributed by atoms with E-state index in [0.717, 1.165) is 38.7 Å². The van der Waals surface area contributed by atoms with Gasteiger partial charge in [0.05, 0.1) is 12.7 Å². The maximum atomic E-state index is 5.67. The number of rotatable bonds is 4. The van der Waals surface area contributed by atoms with Gasteiger partial charge >= 0.3 is 0 Å².